The molecule has 0 aliphatic carbocycles. The first kappa shape index (κ1) is 13.4. The highest BCUT2D eigenvalue weighted by atomic mass is 35.5. The molecule has 0 fully saturated rings. The predicted octanol–water partition coefficient (Wildman–Crippen LogP) is 3.68. The van der Waals surface area contributed by atoms with Crippen molar-refractivity contribution in [3.05, 3.63) is 41.4 Å². The molecule has 0 aromatic heterocycles. The minimum absolute atomic E-state index is 0.572. The normalized spacial score (nSPS) is 10.1. The molecule has 0 aliphatic rings. The van der Waals surface area contributed by atoms with Gasteiger partial charge in [-0.3, -0.25) is 0 Å². The van der Waals surface area contributed by atoms with E-state index in [1.165, 1.54) is 0 Å². The SMILES string of the molecule is COc1cc(Nc2ccc(Cl)c(OC)c2)ccc1N. The van der Waals surface area contributed by atoms with Gasteiger partial charge in [-0.15, -0.1) is 0 Å². The Bertz CT molecular complexity index is 536. The predicted molar refractivity (Wildman–Crippen MR) is 78.7 cm³/mol. The summed E-state index contributed by atoms with van der Waals surface area (Å²) in [4.78, 5) is 0. The largest absolute Gasteiger partial charge is 0.495 e. The number of nitrogens with one attached hydrogen (secondary N) is 1. The quantitative estimate of drug-likeness (QED) is 0.838. The molecule has 19 heavy (non-hydrogen) atoms. The highest BCUT2D eigenvalue weighted by molar-refractivity contribution is 6.32. The topological polar surface area (TPSA) is 56.5 Å². The van der Waals surface area contributed by atoms with Crippen LogP contribution in [-0.2, 0) is 0 Å². The molecule has 100 valence electrons. The van der Waals surface area contributed by atoms with E-state index < -0.39 is 0 Å². The molecule has 0 radical (unpaired) electrons. The van der Waals surface area contributed by atoms with E-state index in [-0.39, 0.29) is 0 Å². The van der Waals surface area contributed by atoms with E-state index in [0.29, 0.717) is 22.2 Å². The molecule has 2 aromatic rings. The smallest absolute Gasteiger partial charge is 0.143 e. The summed E-state index contributed by atoms with van der Waals surface area (Å²) in [6, 6.07) is 11.0. The van der Waals surface area contributed by atoms with Gasteiger partial charge in [0.25, 0.3) is 0 Å². The average molecular weight is 279 g/mol. The van der Waals surface area contributed by atoms with Crippen LogP contribution in [0.2, 0.25) is 5.02 Å². The number of nitrogens with two attached hydrogens (primary N) is 1. The van der Waals surface area contributed by atoms with E-state index in [2.05, 4.69) is 5.32 Å². The van der Waals surface area contributed by atoms with E-state index in [4.69, 9.17) is 26.8 Å². The summed E-state index contributed by atoms with van der Waals surface area (Å²) in [5, 5.41) is 3.81. The minimum atomic E-state index is 0.572. The van der Waals surface area contributed by atoms with Crippen LogP contribution in [0.25, 0.3) is 0 Å². The molecule has 0 aliphatic heterocycles. The first-order valence-electron chi connectivity index (χ1n) is 5.68. The highest BCUT2D eigenvalue weighted by Crippen LogP contribution is 2.31. The van der Waals surface area contributed by atoms with Crippen LogP contribution in [0.5, 0.6) is 11.5 Å². The van der Waals surface area contributed by atoms with Crippen molar-refractivity contribution in [1.29, 1.82) is 0 Å². The zero-order valence-electron chi connectivity index (χ0n) is 10.7. The Morgan fingerprint density at radius 1 is 0.947 bits per heavy atom. The van der Waals surface area contributed by atoms with Crippen molar-refractivity contribution in [2.45, 2.75) is 0 Å². The van der Waals surface area contributed by atoms with Gasteiger partial charge in [-0.25, -0.2) is 0 Å². The second-order valence-corrected chi connectivity index (χ2v) is 4.34. The molecule has 2 rings (SSSR count). The van der Waals surface area contributed by atoms with E-state index >= 15 is 0 Å². The molecule has 4 nitrogen and oxygen atoms in total. The number of halogens is 1. The summed E-state index contributed by atoms with van der Waals surface area (Å²) in [5.41, 5.74) is 8.11. The molecule has 0 heterocycles. The van der Waals surface area contributed by atoms with E-state index in [1.54, 1.807) is 26.4 Å². The van der Waals surface area contributed by atoms with Gasteiger partial charge in [0.2, 0.25) is 0 Å². The lowest BCUT2D eigenvalue weighted by molar-refractivity contribution is 0.415. The molecule has 3 N–H and O–H groups in total. The van der Waals surface area contributed by atoms with Crippen molar-refractivity contribution in [2.75, 3.05) is 25.3 Å². The zero-order chi connectivity index (χ0) is 13.8. The molecule has 2 aromatic carbocycles. The Morgan fingerprint density at radius 3 is 2.16 bits per heavy atom. The van der Waals surface area contributed by atoms with Crippen molar-refractivity contribution in [1.82, 2.24) is 0 Å². The summed E-state index contributed by atoms with van der Waals surface area (Å²) in [7, 11) is 3.16. The third-order valence-electron chi connectivity index (χ3n) is 2.67. The monoisotopic (exact) mass is 278 g/mol. The summed E-state index contributed by atoms with van der Waals surface area (Å²) >= 11 is 5.98. The molecule has 0 atom stereocenters. The maximum Gasteiger partial charge on any atom is 0.143 e. The Labute approximate surface area is 117 Å². The van der Waals surface area contributed by atoms with Crippen molar-refractivity contribution in [3.8, 4) is 11.5 Å². The number of methoxy groups -OCH3 is 2. The van der Waals surface area contributed by atoms with Crippen LogP contribution >= 0.6 is 11.6 Å². The lowest BCUT2D eigenvalue weighted by atomic mass is 10.2. The summed E-state index contributed by atoms with van der Waals surface area (Å²) in [6.07, 6.45) is 0. The molecule has 5 heteroatoms. The van der Waals surface area contributed by atoms with Crippen molar-refractivity contribution < 1.29 is 9.47 Å². The fraction of sp³-hybridized carbons (Fsp3) is 0.143. The minimum Gasteiger partial charge on any atom is -0.495 e. The number of hydrogen-bond donors (Lipinski definition) is 2. The third-order valence-corrected chi connectivity index (χ3v) is 2.99. The van der Waals surface area contributed by atoms with Crippen LogP contribution in [0.1, 0.15) is 0 Å². The van der Waals surface area contributed by atoms with Gasteiger partial charge in [-0.2, -0.15) is 0 Å². The van der Waals surface area contributed by atoms with Crippen LogP contribution in [-0.4, -0.2) is 14.2 Å². The second kappa shape index (κ2) is 5.71. The van der Waals surface area contributed by atoms with Gasteiger partial charge in [-0.1, -0.05) is 11.6 Å². The standard InChI is InChI=1S/C14H15ClN2O2/c1-18-13-7-9(3-5-11(13)15)17-10-4-6-12(16)14(8-10)19-2/h3-8,17H,16H2,1-2H3. The van der Waals surface area contributed by atoms with Crippen molar-refractivity contribution in [2.24, 2.45) is 0 Å². The number of benzene rings is 2. The van der Waals surface area contributed by atoms with Gasteiger partial charge < -0.3 is 20.5 Å². The lowest BCUT2D eigenvalue weighted by Gasteiger charge is -2.11. The van der Waals surface area contributed by atoms with Gasteiger partial charge in [-0.05, 0) is 24.3 Å². The Balaban J connectivity index is 2.25. The van der Waals surface area contributed by atoms with Crippen molar-refractivity contribution in [3.63, 3.8) is 0 Å². The maximum absolute atomic E-state index is 5.98. The Kier molecular flexibility index (Phi) is 4.02. The Morgan fingerprint density at radius 2 is 1.53 bits per heavy atom. The summed E-state index contributed by atoms with van der Waals surface area (Å²) in [6.45, 7) is 0. The van der Waals surface area contributed by atoms with E-state index in [1.807, 2.05) is 24.3 Å². The van der Waals surface area contributed by atoms with Crippen LogP contribution in [0.15, 0.2) is 36.4 Å². The maximum atomic E-state index is 5.98. The van der Waals surface area contributed by atoms with E-state index in [9.17, 15) is 0 Å². The van der Waals surface area contributed by atoms with Gasteiger partial charge in [0.05, 0.1) is 24.9 Å². The average Bonchev–Trinajstić information content (AvgIpc) is 2.43. The number of ether oxygens (including phenoxy) is 2. The molecule has 0 saturated heterocycles. The number of nitrogen functional groups attached to an aromatic ring is 1. The first-order chi connectivity index (χ1) is 9.13. The molecule has 0 unspecified atom stereocenters. The van der Waals surface area contributed by atoms with Crippen LogP contribution in [0.4, 0.5) is 17.1 Å². The molecule has 0 spiro atoms. The second-order valence-electron chi connectivity index (χ2n) is 3.93. The third kappa shape index (κ3) is 3.03. The number of anilines is 3. The molecular formula is C14H15ClN2O2. The molecule has 0 bridgehead atoms. The summed E-state index contributed by atoms with van der Waals surface area (Å²) < 4.78 is 10.3. The summed E-state index contributed by atoms with van der Waals surface area (Å²) in [5.74, 6) is 1.25. The van der Waals surface area contributed by atoms with Crippen LogP contribution < -0.4 is 20.5 Å². The first-order valence-corrected chi connectivity index (χ1v) is 6.06. The van der Waals surface area contributed by atoms with Gasteiger partial charge >= 0.3 is 0 Å². The number of rotatable bonds is 4. The fourth-order valence-electron chi connectivity index (χ4n) is 1.69. The van der Waals surface area contributed by atoms with Crippen molar-refractivity contribution >= 4 is 28.7 Å². The molecule has 0 saturated carbocycles. The van der Waals surface area contributed by atoms with Crippen LogP contribution in [0, 0.1) is 0 Å². The van der Waals surface area contributed by atoms with Gasteiger partial charge in [0.1, 0.15) is 11.5 Å². The van der Waals surface area contributed by atoms with Crippen LogP contribution in [0.3, 0.4) is 0 Å². The lowest BCUT2D eigenvalue weighted by Crippen LogP contribution is -1.96. The Hall–Kier alpha value is -2.07. The van der Waals surface area contributed by atoms with Gasteiger partial charge in [0, 0.05) is 23.5 Å². The fourth-order valence-corrected chi connectivity index (χ4v) is 1.89. The molecular weight excluding hydrogens is 264 g/mol. The number of hydrogen-bond acceptors (Lipinski definition) is 4. The van der Waals surface area contributed by atoms with E-state index in [0.717, 1.165) is 11.4 Å². The zero-order valence-corrected chi connectivity index (χ0v) is 11.5. The highest BCUT2D eigenvalue weighted by Gasteiger charge is 2.04. The molecule has 0 amide bonds. The van der Waals surface area contributed by atoms with Gasteiger partial charge in [0.15, 0.2) is 0 Å².